The van der Waals surface area contributed by atoms with Gasteiger partial charge in [-0.25, -0.2) is 9.97 Å². The fraction of sp³-hybridized carbons (Fsp3) is 0.457. The molecule has 45 heavy (non-hydrogen) atoms. The van der Waals surface area contributed by atoms with E-state index in [1.54, 1.807) is 0 Å². The zero-order chi connectivity index (χ0) is 32.1. The molecule has 238 valence electrons. The van der Waals surface area contributed by atoms with Gasteiger partial charge in [-0.05, 0) is 83.4 Å². The lowest BCUT2D eigenvalue weighted by Gasteiger charge is -2.20. The highest BCUT2D eigenvalue weighted by molar-refractivity contribution is 5.92. The largest absolute Gasteiger partial charge is 0.460 e. The van der Waals surface area contributed by atoms with Gasteiger partial charge < -0.3 is 24.1 Å². The predicted molar refractivity (Wildman–Crippen MR) is 179 cm³/mol. The second-order valence-electron chi connectivity index (χ2n) is 12.5. The van der Waals surface area contributed by atoms with Gasteiger partial charge in [0.25, 0.3) is 5.56 Å². The molecule has 1 amide bonds. The van der Waals surface area contributed by atoms with Crippen molar-refractivity contribution < 1.29 is 14.3 Å². The summed E-state index contributed by atoms with van der Waals surface area (Å²) < 4.78 is 7.56. The molecular weight excluding hydrogens is 568 g/mol. The normalized spacial score (nSPS) is 13.9. The molecule has 1 aliphatic rings. The number of esters is 1. The molecule has 0 spiro atoms. The van der Waals surface area contributed by atoms with Crippen molar-refractivity contribution in [3.63, 3.8) is 0 Å². The molecule has 4 aromatic rings. The first-order chi connectivity index (χ1) is 21.5. The Bertz CT molecular complexity index is 1760. The van der Waals surface area contributed by atoms with E-state index in [1.165, 1.54) is 5.69 Å². The molecule has 0 radical (unpaired) electrons. The number of aromatic amines is 1. The quantitative estimate of drug-likeness (QED) is 0.208. The summed E-state index contributed by atoms with van der Waals surface area (Å²) in [5, 5.41) is 0. The summed E-state index contributed by atoms with van der Waals surface area (Å²) in [6.45, 7) is 13.8. The summed E-state index contributed by atoms with van der Waals surface area (Å²) in [7, 11) is 0. The third-order valence-corrected chi connectivity index (χ3v) is 8.07. The SMILES string of the molecule is CCN(CC)c1ccc(/C=C/c2nc3cc4[nH]c(=O)c(CCC(=O)OC(C)(C)C)nc4cc3n2CCCN2CCCC2=O)cc1. The van der Waals surface area contributed by atoms with Crippen molar-refractivity contribution in [1.29, 1.82) is 0 Å². The van der Waals surface area contributed by atoms with Crippen LogP contribution in [0.1, 0.15) is 77.4 Å². The maximum absolute atomic E-state index is 12.9. The van der Waals surface area contributed by atoms with Gasteiger partial charge >= 0.3 is 5.97 Å². The molecule has 1 N–H and O–H groups in total. The molecular formula is C35H44N6O4. The Kier molecular flexibility index (Phi) is 9.70. The van der Waals surface area contributed by atoms with Crippen LogP contribution in [-0.4, -0.2) is 68.1 Å². The van der Waals surface area contributed by atoms with E-state index in [1.807, 2.05) is 43.9 Å². The Hall–Kier alpha value is -4.47. The number of amides is 1. The number of anilines is 1. The fourth-order valence-corrected chi connectivity index (χ4v) is 5.82. The Morgan fingerprint density at radius 1 is 1.02 bits per heavy atom. The highest BCUT2D eigenvalue weighted by Crippen LogP contribution is 2.24. The van der Waals surface area contributed by atoms with Crippen molar-refractivity contribution in [1.82, 2.24) is 24.4 Å². The Morgan fingerprint density at radius 2 is 1.78 bits per heavy atom. The molecule has 2 aromatic carbocycles. The van der Waals surface area contributed by atoms with E-state index >= 15 is 0 Å². The number of nitrogens with one attached hydrogen (secondary N) is 1. The third-order valence-electron chi connectivity index (χ3n) is 8.07. The minimum absolute atomic E-state index is 0.0685. The molecule has 0 aliphatic carbocycles. The van der Waals surface area contributed by atoms with Crippen LogP contribution >= 0.6 is 0 Å². The van der Waals surface area contributed by atoms with Crippen LogP contribution in [0.4, 0.5) is 5.69 Å². The molecule has 5 rings (SSSR count). The summed E-state index contributed by atoms with van der Waals surface area (Å²) in [6, 6.07) is 12.3. The van der Waals surface area contributed by atoms with Crippen LogP contribution in [0.15, 0.2) is 41.2 Å². The minimum atomic E-state index is -0.590. The summed E-state index contributed by atoms with van der Waals surface area (Å²) in [4.78, 5) is 54.1. The van der Waals surface area contributed by atoms with Gasteiger partial charge in [-0.1, -0.05) is 18.2 Å². The highest BCUT2D eigenvalue weighted by Gasteiger charge is 2.20. The van der Waals surface area contributed by atoms with Gasteiger partial charge in [-0.3, -0.25) is 14.4 Å². The summed E-state index contributed by atoms with van der Waals surface area (Å²) in [5.74, 6) is 0.637. The summed E-state index contributed by atoms with van der Waals surface area (Å²) >= 11 is 0. The van der Waals surface area contributed by atoms with Crippen molar-refractivity contribution in [3.05, 3.63) is 63.8 Å². The van der Waals surface area contributed by atoms with Crippen LogP contribution in [0.2, 0.25) is 0 Å². The Balaban J connectivity index is 1.45. The molecule has 2 aromatic heterocycles. The third kappa shape index (κ3) is 7.79. The lowest BCUT2D eigenvalue weighted by molar-refractivity contribution is -0.154. The number of fused-ring (bicyclic) bond motifs is 2. The zero-order valence-electron chi connectivity index (χ0n) is 27.1. The molecule has 0 saturated carbocycles. The van der Waals surface area contributed by atoms with Crippen LogP contribution in [0.5, 0.6) is 0 Å². The number of aromatic nitrogens is 4. The van der Waals surface area contributed by atoms with E-state index in [2.05, 4.69) is 63.6 Å². The number of aryl methyl sites for hydroxylation is 2. The molecule has 1 fully saturated rings. The average molecular weight is 613 g/mol. The standard InChI is InChI=1S/C35H44N6O4/c1-6-39(7-2)25-14-11-24(12-15-25)13-17-31-37-29-22-27-28(23-30(29)41(31)21-9-20-40-19-8-10-32(40)42)36-26(34(44)38-27)16-18-33(43)45-35(3,4)5/h11-15,17,22-23H,6-10,16,18-21H2,1-5H3,(H,38,44)/b17-13+. The molecule has 10 nitrogen and oxygen atoms in total. The number of rotatable bonds is 12. The second kappa shape index (κ2) is 13.7. The molecule has 0 bridgehead atoms. The van der Waals surface area contributed by atoms with Crippen molar-refractivity contribution in [2.24, 2.45) is 0 Å². The number of hydrogen-bond donors (Lipinski definition) is 1. The first-order valence-electron chi connectivity index (χ1n) is 16.0. The van der Waals surface area contributed by atoms with Crippen molar-refractivity contribution in [3.8, 4) is 0 Å². The summed E-state index contributed by atoms with van der Waals surface area (Å²) in [5.41, 5.74) is 4.49. The second-order valence-corrected chi connectivity index (χ2v) is 12.5. The maximum Gasteiger partial charge on any atom is 0.306 e. The zero-order valence-corrected chi connectivity index (χ0v) is 27.1. The number of ether oxygens (including phenoxy) is 1. The van der Waals surface area contributed by atoms with Crippen LogP contribution in [0, 0.1) is 0 Å². The number of carbonyl (C=O) groups excluding carboxylic acids is 2. The van der Waals surface area contributed by atoms with Gasteiger partial charge in [0.1, 0.15) is 17.1 Å². The molecule has 3 heterocycles. The van der Waals surface area contributed by atoms with Gasteiger partial charge in [0.15, 0.2) is 0 Å². The van der Waals surface area contributed by atoms with Gasteiger partial charge in [0, 0.05) is 51.3 Å². The van der Waals surface area contributed by atoms with Crippen molar-refractivity contribution >= 4 is 51.8 Å². The Morgan fingerprint density at radius 3 is 2.44 bits per heavy atom. The smallest absolute Gasteiger partial charge is 0.306 e. The molecule has 1 saturated heterocycles. The minimum Gasteiger partial charge on any atom is -0.460 e. The van der Waals surface area contributed by atoms with Gasteiger partial charge in [-0.2, -0.15) is 0 Å². The first-order valence-corrected chi connectivity index (χ1v) is 16.0. The monoisotopic (exact) mass is 612 g/mol. The maximum atomic E-state index is 12.9. The van der Waals surface area contributed by atoms with E-state index in [0.717, 1.165) is 54.9 Å². The average Bonchev–Trinajstić information content (AvgIpc) is 3.56. The van der Waals surface area contributed by atoms with Crippen LogP contribution in [0.3, 0.4) is 0 Å². The number of likely N-dealkylation sites (tertiary alicyclic amines) is 1. The Labute approximate surface area is 264 Å². The van der Waals surface area contributed by atoms with E-state index in [0.29, 0.717) is 36.2 Å². The van der Waals surface area contributed by atoms with Crippen molar-refractivity contribution in [2.45, 2.75) is 78.9 Å². The van der Waals surface area contributed by atoms with Gasteiger partial charge in [-0.15, -0.1) is 0 Å². The topological polar surface area (TPSA) is 113 Å². The number of imidazole rings is 1. The summed E-state index contributed by atoms with van der Waals surface area (Å²) in [6.07, 6.45) is 6.65. The molecule has 10 heteroatoms. The lowest BCUT2D eigenvalue weighted by atomic mass is 10.1. The molecule has 1 aliphatic heterocycles. The highest BCUT2D eigenvalue weighted by atomic mass is 16.6. The lowest BCUT2D eigenvalue weighted by Crippen LogP contribution is -2.26. The predicted octanol–water partition coefficient (Wildman–Crippen LogP) is 5.58. The van der Waals surface area contributed by atoms with Crippen LogP contribution in [0.25, 0.3) is 34.2 Å². The van der Waals surface area contributed by atoms with E-state index < -0.39 is 5.60 Å². The number of nitrogens with zero attached hydrogens (tertiary/aromatic N) is 5. The first kappa shape index (κ1) is 31.9. The number of carbonyl (C=O) groups is 2. The van der Waals surface area contributed by atoms with Gasteiger partial charge in [0.2, 0.25) is 5.91 Å². The van der Waals surface area contributed by atoms with Gasteiger partial charge in [0.05, 0.1) is 28.5 Å². The van der Waals surface area contributed by atoms with Crippen molar-refractivity contribution in [2.75, 3.05) is 31.1 Å². The number of H-pyrrole nitrogens is 1. The number of hydrogen-bond acceptors (Lipinski definition) is 7. The van der Waals surface area contributed by atoms with Crippen LogP contribution in [-0.2, 0) is 27.3 Å². The van der Waals surface area contributed by atoms with Crippen LogP contribution < -0.4 is 10.5 Å². The van der Waals surface area contributed by atoms with E-state index in [4.69, 9.17) is 9.72 Å². The fourth-order valence-electron chi connectivity index (χ4n) is 5.82. The molecule has 0 atom stereocenters. The molecule has 0 unspecified atom stereocenters. The number of benzene rings is 2. The van der Waals surface area contributed by atoms with E-state index in [-0.39, 0.29) is 30.3 Å². The van der Waals surface area contributed by atoms with E-state index in [9.17, 15) is 14.4 Å².